The van der Waals surface area contributed by atoms with Gasteiger partial charge in [-0.25, -0.2) is 9.59 Å². The minimum Gasteiger partial charge on any atom is -0.359 e. The molecule has 12 heavy (non-hydrogen) atoms. The number of urea groups is 1. The molecular weight excluding hydrogens is 160 g/mol. The Morgan fingerprint density at radius 2 is 2.33 bits per heavy atom. The molecule has 0 aromatic rings. The molecule has 0 radical (unpaired) electrons. The van der Waals surface area contributed by atoms with Gasteiger partial charge in [-0.15, -0.1) is 4.99 Å². The average Bonchev–Trinajstić information content (AvgIpc) is 2.30. The largest absolute Gasteiger partial charge is 0.359 e. The molecule has 1 aliphatic heterocycles. The smallest absolute Gasteiger partial charge is 0.356 e. The second-order valence-corrected chi connectivity index (χ2v) is 3.20. The van der Waals surface area contributed by atoms with Gasteiger partial charge in [-0.3, -0.25) is 4.90 Å². The van der Waals surface area contributed by atoms with Gasteiger partial charge >= 0.3 is 6.03 Å². The van der Waals surface area contributed by atoms with Crippen molar-refractivity contribution >= 4 is 12.1 Å². The highest BCUT2D eigenvalue weighted by molar-refractivity contribution is 5.80. The zero-order valence-electron chi connectivity index (χ0n) is 7.03. The SMILES string of the molecule is CC1(C)COCN1C(=O)N=C=O. The molecule has 1 saturated heterocycles. The van der Waals surface area contributed by atoms with E-state index in [2.05, 4.69) is 4.99 Å². The van der Waals surface area contributed by atoms with Gasteiger partial charge in [0, 0.05) is 0 Å². The van der Waals surface area contributed by atoms with E-state index in [1.807, 2.05) is 13.8 Å². The fraction of sp³-hybridized carbons (Fsp3) is 0.714. The Hall–Kier alpha value is -1.19. The monoisotopic (exact) mass is 170 g/mol. The lowest BCUT2D eigenvalue weighted by atomic mass is 10.1. The highest BCUT2D eigenvalue weighted by Gasteiger charge is 2.36. The van der Waals surface area contributed by atoms with E-state index in [-0.39, 0.29) is 12.3 Å². The fourth-order valence-corrected chi connectivity index (χ4v) is 1.05. The standard InChI is InChI=1S/C7H10N2O3/c1-7(2)3-12-5-9(7)6(11)8-4-10/h3,5H2,1-2H3. The third-order valence-corrected chi connectivity index (χ3v) is 1.78. The molecule has 0 bridgehead atoms. The highest BCUT2D eigenvalue weighted by Crippen LogP contribution is 2.21. The number of hydrogen-bond acceptors (Lipinski definition) is 3. The Balaban J connectivity index is 2.75. The summed E-state index contributed by atoms with van der Waals surface area (Å²) < 4.78 is 5.06. The third-order valence-electron chi connectivity index (χ3n) is 1.78. The lowest BCUT2D eigenvalue weighted by Gasteiger charge is -2.26. The van der Waals surface area contributed by atoms with Gasteiger partial charge in [-0.2, -0.15) is 0 Å². The van der Waals surface area contributed by atoms with E-state index >= 15 is 0 Å². The molecule has 0 aliphatic carbocycles. The fourth-order valence-electron chi connectivity index (χ4n) is 1.05. The number of aliphatic imine (C=N–C) groups is 1. The van der Waals surface area contributed by atoms with E-state index in [0.717, 1.165) is 0 Å². The van der Waals surface area contributed by atoms with E-state index < -0.39 is 6.03 Å². The van der Waals surface area contributed by atoms with E-state index in [9.17, 15) is 9.59 Å². The summed E-state index contributed by atoms with van der Waals surface area (Å²) in [7, 11) is 0. The molecule has 0 spiro atoms. The molecule has 0 atom stereocenters. The van der Waals surface area contributed by atoms with E-state index in [1.54, 1.807) is 0 Å². The number of carbonyl (C=O) groups is 1. The first kappa shape index (κ1) is 8.90. The topological polar surface area (TPSA) is 59.0 Å². The molecule has 0 aromatic carbocycles. The summed E-state index contributed by atoms with van der Waals surface area (Å²) in [5.74, 6) is 0. The minimum absolute atomic E-state index is 0.191. The number of rotatable bonds is 0. The molecular formula is C7H10N2O3. The summed E-state index contributed by atoms with van der Waals surface area (Å²) in [4.78, 5) is 25.3. The van der Waals surface area contributed by atoms with Crippen LogP contribution in [-0.2, 0) is 9.53 Å². The van der Waals surface area contributed by atoms with Gasteiger partial charge in [0.05, 0.1) is 12.1 Å². The predicted octanol–water partition coefficient (Wildman–Crippen LogP) is 0.510. The summed E-state index contributed by atoms with van der Waals surface area (Å²) >= 11 is 0. The first-order valence-electron chi connectivity index (χ1n) is 3.55. The van der Waals surface area contributed by atoms with E-state index in [0.29, 0.717) is 6.61 Å². The van der Waals surface area contributed by atoms with Crippen LogP contribution in [0.5, 0.6) is 0 Å². The Morgan fingerprint density at radius 3 is 2.75 bits per heavy atom. The number of isocyanates is 1. The molecule has 0 unspecified atom stereocenters. The van der Waals surface area contributed by atoms with Gasteiger partial charge < -0.3 is 4.74 Å². The third kappa shape index (κ3) is 1.52. The Bertz CT molecular complexity index is 243. The first-order valence-corrected chi connectivity index (χ1v) is 3.55. The van der Waals surface area contributed by atoms with Crippen LogP contribution in [-0.4, -0.2) is 35.9 Å². The molecule has 0 saturated carbocycles. The Labute approximate surface area is 70.0 Å². The number of nitrogens with zero attached hydrogens (tertiary/aromatic N) is 2. The van der Waals surface area contributed by atoms with Crippen LogP contribution in [0.1, 0.15) is 13.8 Å². The summed E-state index contributed by atoms with van der Waals surface area (Å²) in [6, 6.07) is -0.590. The summed E-state index contributed by atoms with van der Waals surface area (Å²) in [6.45, 7) is 4.35. The summed E-state index contributed by atoms with van der Waals surface area (Å²) in [5.41, 5.74) is -0.378. The molecule has 1 rings (SSSR count). The van der Waals surface area contributed by atoms with Crippen LogP contribution in [0.3, 0.4) is 0 Å². The summed E-state index contributed by atoms with van der Waals surface area (Å²) in [5, 5.41) is 0. The average molecular weight is 170 g/mol. The van der Waals surface area contributed by atoms with Crippen molar-refractivity contribution < 1.29 is 14.3 Å². The number of ether oxygens (including phenoxy) is 1. The number of amides is 2. The van der Waals surface area contributed by atoms with Gasteiger partial charge in [-0.05, 0) is 13.8 Å². The van der Waals surface area contributed by atoms with Gasteiger partial charge in [-0.1, -0.05) is 0 Å². The van der Waals surface area contributed by atoms with Crippen molar-refractivity contribution in [3.63, 3.8) is 0 Å². The normalized spacial score (nSPS) is 20.3. The maximum absolute atomic E-state index is 11.1. The lowest BCUT2D eigenvalue weighted by molar-refractivity contribution is 0.145. The molecule has 2 amide bonds. The maximum atomic E-state index is 11.1. The molecule has 1 fully saturated rings. The zero-order chi connectivity index (χ0) is 9.19. The summed E-state index contributed by atoms with van der Waals surface area (Å²) in [6.07, 6.45) is 1.21. The van der Waals surface area contributed by atoms with Crippen LogP contribution in [0, 0.1) is 0 Å². The van der Waals surface area contributed by atoms with Crippen molar-refractivity contribution in [2.45, 2.75) is 19.4 Å². The quantitative estimate of drug-likeness (QED) is 0.393. The van der Waals surface area contributed by atoms with Gasteiger partial charge in [0.2, 0.25) is 6.08 Å². The minimum atomic E-state index is -0.590. The predicted molar refractivity (Wildman–Crippen MR) is 40.3 cm³/mol. The Morgan fingerprint density at radius 1 is 1.67 bits per heavy atom. The van der Waals surface area contributed by atoms with Crippen molar-refractivity contribution in [1.82, 2.24) is 4.90 Å². The van der Waals surface area contributed by atoms with Crippen LogP contribution >= 0.6 is 0 Å². The second-order valence-electron chi connectivity index (χ2n) is 3.20. The first-order chi connectivity index (χ1) is 5.58. The maximum Gasteiger partial charge on any atom is 0.356 e. The van der Waals surface area contributed by atoms with Crippen LogP contribution in [0.2, 0.25) is 0 Å². The van der Waals surface area contributed by atoms with Crippen molar-refractivity contribution in [2.24, 2.45) is 4.99 Å². The van der Waals surface area contributed by atoms with Crippen LogP contribution < -0.4 is 0 Å². The Kier molecular flexibility index (Phi) is 2.26. The van der Waals surface area contributed by atoms with E-state index in [4.69, 9.17) is 4.74 Å². The van der Waals surface area contributed by atoms with Gasteiger partial charge in [0.1, 0.15) is 6.73 Å². The zero-order valence-corrected chi connectivity index (χ0v) is 7.03. The van der Waals surface area contributed by atoms with Crippen LogP contribution in [0.15, 0.2) is 4.99 Å². The van der Waals surface area contributed by atoms with Gasteiger partial charge in [0.25, 0.3) is 0 Å². The van der Waals surface area contributed by atoms with Gasteiger partial charge in [0.15, 0.2) is 0 Å². The lowest BCUT2D eigenvalue weighted by Crippen LogP contribution is -2.42. The van der Waals surface area contributed by atoms with Crippen molar-refractivity contribution in [2.75, 3.05) is 13.3 Å². The van der Waals surface area contributed by atoms with Crippen LogP contribution in [0.25, 0.3) is 0 Å². The van der Waals surface area contributed by atoms with Crippen LogP contribution in [0.4, 0.5) is 4.79 Å². The van der Waals surface area contributed by atoms with E-state index in [1.165, 1.54) is 11.0 Å². The molecule has 1 aliphatic rings. The molecule has 1 heterocycles. The molecule has 66 valence electrons. The number of carbonyl (C=O) groups excluding carboxylic acids is 2. The van der Waals surface area contributed by atoms with Crippen molar-refractivity contribution in [3.05, 3.63) is 0 Å². The molecule has 0 aromatic heterocycles. The highest BCUT2D eigenvalue weighted by atomic mass is 16.5. The molecule has 5 nitrogen and oxygen atoms in total. The number of hydrogen-bond donors (Lipinski definition) is 0. The molecule has 5 heteroatoms. The molecule has 0 N–H and O–H groups in total. The second kappa shape index (κ2) is 3.05. The van der Waals surface area contributed by atoms with Crippen molar-refractivity contribution in [1.29, 1.82) is 0 Å². The van der Waals surface area contributed by atoms with Crippen molar-refractivity contribution in [3.8, 4) is 0 Å².